The van der Waals surface area contributed by atoms with Gasteiger partial charge in [-0.1, -0.05) is 6.92 Å². The Bertz CT molecular complexity index is 172. The van der Waals surface area contributed by atoms with Crippen molar-refractivity contribution in [1.82, 2.24) is 4.90 Å². The van der Waals surface area contributed by atoms with Crippen molar-refractivity contribution in [2.75, 3.05) is 25.4 Å². The fourth-order valence-electron chi connectivity index (χ4n) is 1.86. The third-order valence-electron chi connectivity index (χ3n) is 3.16. The van der Waals surface area contributed by atoms with Crippen LogP contribution in [0.4, 0.5) is 0 Å². The highest BCUT2D eigenvalue weighted by Crippen LogP contribution is 2.25. The highest BCUT2D eigenvalue weighted by molar-refractivity contribution is 8.00. The van der Waals surface area contributed by atoms with Crippen molar-refractivity contribution in [3.8, 4) is 0 Å². The van der Waals surface area contributed by atoms with E-state index < -0.39 is 0 Å². The fourth-order valence-corrected chi connectivity index (χ4v) is 3.02. The molecule has 0 aromatic carbocycles. The Labute approximate surface area is 85.0 Å². The first-order chi connectivity index (χ1) is 6.27. The minimum atomic E-state index is 0.595. The van der Waals surface area contributed by atoms with Crippen LogP contribution < -0.4 is 0 Å². The Morgan fingerprint density at radius 2 is 2.23 bits per heavy atom. The van der Waals surface area contributed by atoms with Crippen molar-refractivity contribution >= 4 is 11.8 Å². The topological polar surface area (TPSA) is 15.8 Å². The second kappa shape index (κ2) is 4.20. The lowest BCUT2D eigenvalue weighted by Gasteiger charge is -2.37. The Kier molecular flexibility index (Phi) is 3.17. The lowest BCUT2D eigenvalue weighted by molar-refractivity contribution is 0.202. The van der Waals surface area contributed by atoms with E-state index in [0.717, 1.165) is 17.9 Å². The summed E-state index contributed by atoms with van der Waals surface area (Å²) in [5.74, 6) is 1.30. The molecule has 0 aliphatic carbocycles. The monoisotopic (exact) mass is 201 g/mol. The SMILES string of the molecule is CC1SCCN(CCC2CO2)C1C. The Hall–Kier alpha value is 0.270. The molecule has 2 aliphatic heterocycles. The summed E-state index contributed by atoms with van der Waals surface area (Å²) in [6, 6.07) is 0.748. The maximum absolute atomic E-state index is 5.23. The van der Waals surface area contributed by atoms with Crippen LogP contribution in [0.1, 0.15) is 20.3 Å². The highest BCUT2D eigenvalue weighted by atomic mass is 32.2. The summed E-state index contributed by atoms with van der Waals surface area (Å²) in [4.78, 5) is 2.61. The number of rotatable bonds is 3. The minimum Gasteiger partial charge on any atom is -0.373 e. The molecule has 3 heteroatoms. The van der Waals surface area contributed by atoms with Gasteiger partial charge < -0.3 is 4.74 Å². The average molecular weight is 201 g/mol. The molecule has 2 rings (SSSR count). The predicted octanol–water partition coefficient (Wildman–Crippen LogP) is 1.60. The lowest BCUT2D eigenvalue weighted by atomic mass is 10.2. The first-order valence-electron chi connectivity index (χ1n) is 5.24. The zero-order chi connectivity index (χ0) is 9.26. The van der Waals surface area contributed by atoms with Crippen LogP contribution in [0.25, 0.3) is 0 Å². The van der Waals surface area contributed by atoms with Gasteiger partial charge in [0.15, 0.2) is 0 Å². The second-order valence-corrected chi connectivity index (χ2v) is 5.58. The molecule has 0 aromatic heterocycles. The molecule has 2 nitrogen and oxygen atoms in total. The molecule has 2 heterocycles. The summed E-state index contributed by atoms with van der Waals surface area (Å²) in [5.41, 5.74) is 0. The van der Waals surface area contributed by atoms with Gasteiger partial charge in [-0.3, -0.25) is 4.90 Å². The van der Waals surface area contributed by atoms with E-state index in [4.69, 9.17) is 4.74 Å². The van der Waals surface area contributed by atoms with E-state index in [1.54, 1.807) is 0 Å². The summed E-state index contributed by atoms with van der Waals surface area (Å²) in [7, 11) is 0. The van der Waals surface area contributed by atoms with Gasteiger partial charge in [0.05, 0.1) is 12.7 Å². The van der Waals surface area contributed by atoms with E-state index in [9.17, 15) is 0 Å². The summed E-state index contributed by atoms with van der Waals surface area (Å²) >= 11 is 2.11. The summed E-state index contributed by atoms with van der Waals surface area (Å²) < 4.78 is 5.23. The number of hydrogen-bond donors (Lipinski definition) is 0. The third kappa shape index (κ3) is 2.61. The van der Waals surface area contributed by atoms with Gasteiger partial charge in [0.1, 0.15) is 0 Å². The molecule has 0 aromatic rings. The Balaban J connectivity index is 1.75. The van der Waals surface area contributed by atoms with Gasteiger partial charge in [-0.05, 0) is 13.3 Å². The van der Waals surface area contributed by atoms with Crippen molar-refractivity contribution in [3.05, 3.63) is 0 Å². The van der Waals surface area contributed by atoms with E-state index in [-0.39, 0.29) is 0 Å². The first-order valence-corrected chi connectivity index (χ1v) is 6.29. The lowest BCUT2D eigenvalue weighted by Crippen LogP contribution is -2.45. The number of hydrogen-bond acceptors (Lipinski definition) is 3. The number of thioether (sulfide) groups is 1. The van der Waals surface area contributed by atoms with E-state index in [1.165, 1.54) is 25.3 Å². The van der Waals surface area contributed by atoms with Crippen LogP contribution in [0.3, 0.4) is 0 Å². The Morgan fingerprint density at radius 3 is 2.92 bits per heavy atom. The molecule has 0 N–H and O–H groups in total. The van der Waals surface area contributed by atoms with Gasteiger partial charge in [0.25, 0.3) is 0 Å². The van der Waals surface area contributed by atoms with Crippen molar-refractivity contribution in [1.29, 1.82) is 0 Å². The molecular weight excluding hydrogens is 182 g/mol. The maximum atomic E-state index is 5.23. The van der Waals surface area contributed by atoms with Crippen LogP contribution in [0, 0.1) is 0 Å². The van der Waals surface area contributed by atoms with E-state index in [1.807, 2.05) is 0 Å². The van der Waals surface area contributed by atoms with Gasteiger partial charge in [-0.25, -0.2) is 0 Å². The molecule has 0 amide bonds. The smallest absolute Gasteiger partial charge is 0.0822 e. The normalized spacial score (nSPS) is 40.6. The first kappa shape index (κ1) is 9.81. The molecule has 3 unspecified atom stereocenters. The largest absolute Gasteiger partial charge is 0.373 e. The van der Waals surface area contributed by atoms with E-state index >= 15 is 0 Å². The Morgan fingerprint density at radius 1 is 1.46 bits per heavy atom. The van der Waals surface area contributed by atoms with Gasteiger partial charge in [0, 0.05) is 30.1 Å². The molecule has 2 aliphatic rings. The highest BCUT2D eigenvalue weighted by Gasteiger charge is 2.28. The maximum Gasteiger partial charge on any atom is 0.0822 e. The summed E-state index contributed by atoms with van der Waals surface area (Å²) in [6.07, 6.45) is 1.83. The van der Waals surface area contributed by atoms with Crippen molar-refractivity contribution in [3.63, 3.8) is 0 Å². The summed E-state index contributed by atoms with van der Waals surface area (Å²) in [5, 5.41) is 0.800. The van der Waals surface area contributed by atoms with Crippen molar-refractivity contribution in [2.24, 2.45) is 0 Å². The van der Waals surface area contributed by atoms with Crippen LogP contribution in [0.2, 0.25) is 0 Å². The fraction of sp³-hybridized carbons (Fsp3) is 1.00. The number of nitrogens with zero attached hydrogens (tertiary/aromatic N) is 1. The summed E-state index contributed by atoms with van der Waals surface area (Å²) in [6.45, 7) is 8.20. The van der Waals surface area contributed by atoms with Crippen LogP contribution in [0.5, 0.6) is 0 Å². The number of epoxide rings is 1. The van der Waals surface area contributed by atoms with Gasteiger partial charge >= 0.3 is 0 Å². The predicted molar refractivity (Wildman–Crippen MR) is 57.3 cm³/mol. The van der Waals surface area contributed by atoms with Gasteiger partial charge in [0.2, 0.25) is 0 Å². The van der Waals surface area contributed by atoms with Gasteiger partial charge in [-0.2, -0.15) is 11.8 Å². The minimum absolute atomic E-state index is 0.595. The van der Waals surface area contributed by atoms with Crippen LogP contribution in [-0.4, -0.2) is 47.7 Å². The number of ether oxygens (including phenoxy) is 1. The molecule has 2 fully saturated rings. The molecule has 3 atom stereocenters. The second-order valence-electron chi connectivity index (χ2n) is 4.10. The molecular formula is C10H19NOS. The molecule has 0 radical (unpaired) electrons. The zero-order valence-corrected chi connectivity index (χ0v) is 9.35. The molecule has 0 saturated carbocycles. The van der Waals surface area contributed by atoms with Crippen LogP contribution in [0.15, 0.2) is 0 Å². The van der Waals surface area contributed by atoms with Crippen molar-refractivity contribution < 1.29 is 4.74 Å². The van der Waals surface area contributed by atoms with Crippen LogP contribution in [-0.2, 0) is 4.74 Å². The van der Waals surface area contributed by atoms with Gasteiger partial charge in [-0.15, -0.1) is 0 Å². The van der Waals surface area contributed by atoms with Crippen LogP contribution >= 0.6 is 11.8 Å². The molecule has 2 saturated heterocycles. The van der Waals surface area contributed by atoms with E-state index in [2.05, 4.69) is 30.5 Å². The quantitative estimate of drug-likeness (QED) is 0.645. The molecule has 0 spiro atoms. The standard InChI is InChI=1S/C10H19NOS/c1-8-9(2)13-6-5-11(8)4-3-10-7-12-10/h8-10H,3-7H2,1-2H3. The molecule has 0 bridgehead atoms. The molecule has 76 valence electrons. The zero-order valence-electron chi connectivity index (χ0n) is 8.53. The third-order valence-corrected chi connectivity index (χ3v) is 4.49. The van der Waals surface area contributed by atoms with Crippen molar-refractivity contribution in [2.45, 2.75) is 37.7 Å². The average Bonchev–Trinajstić information content (AvgIpc) is 2.91. The molecule has 13 heavy (non-hydrogen) atoms. The van der Waals surface area contributed by atoms with E-state index in [0.29, 0.717) is 6.10 Å².